The van der Waals surface area contributed by atoms with Crippen molar-refractivity contribution in [2.24, 2.45) is 5.73 Å². The summed E-state index contributed by atoms with van der Waals surface area (Å²) in [6.07, 6.45) is 5.54. The standard InChI is InChI=1S/C11H9N2.C4H10N.2F6P.Ru/c1-9-5-7-13-11(8-9)10-4-2-3-6-12-10;1-2-3-4-5;2*1-7(2,3,4,5)6;/h3-8H,1H3;1-5H2;;;/q4*-1;+2. The average molecular weight is 632 g/mol. The number of halogens is 12. The first-order valence-electron chi connectivity index (χ1n) is 8.05. The van der Waals surface area contributed by atoms with Crippen molar-refractivity contribution in [3.8, 4) is 11.4 Å². The van der Waals surface area contributed by atoms with Crippen molar-refractivity contribution in [2.45, 2.75) is 19.8 Å². The van der Waals surface area contributed by atoms with Crippen molar-refractivity contribution in [1.29, 1.82) is 0 Å². The zero-order chi connectivity index (χ0) is 26.0. The summed E-state index contributed by atoms with van der Waals surface area (Å²) < 4.78 is 118. The normalized spacial score (nSPS) is 15.0. The molecule has 33 heavy (non-hydrogen) atoms. The quantitative estimate of drug-likeness (QED) is 0.159. The molecule has 0 saturated carbocycles. The average Bonchev–Trinajstić information content (AvgIpc) is 2.51. The van der Waals surface area contributed by atoms with Crippen LogP contribution in [0.2, 0.25) is 0 Å². The van der Waals surface area contributed by atoms with E-state index in [-0.39, 0.29) is 19.5 Å². The van der Waals surface area contributed by atoms with Gasteiger partial charge in [-0.3, -0.25) is 4.98 Å². The maximum absolute atomic E-state index is 10.7. The summed E-state index contributed by atoms with van der Waals surface area (Å²) >= 11 is 0. The minimum absolute atomic E-state index is 0. The zero-order valence-corrected chi connectivity index (χ0v) is 20.1. The minimum Gasteiger partial charge on any atom is -0.343 e. The summed E-state index contributed by atoms with van der Waals surface area (Å²) in [6, 6.07) is 10.6. The van der Waals surface area contributed by atoms with Crippen molar-refractivity contribution < 1.29 is 69.8 Å². The summed E-state index contributed by atoms with van der Waals surface area (Å²) in [6.45, 7) is 6.42. The molecule has 0 radical (unpaired) electrons. The molecule has 2 N–H and O–H groups in total. The number of pyridine rings is 2. The molecule has 198 valence electrons. The molecule has 0 aliphatic carbocycles. The molecule has 0 atom stereocenters. The van der Waals surface area contributed by atoms with Gasteiger partial charge in [0.2, 0.25) is 0 Å². The van der Waals surface area contributed by atoms with Crippen LogP contribution in [0.1, 0.15) is 18.4 Å². The van der Waals surface area contributed by atoms with Crippen molar-refractivity contribution >= 4 is 15.6 Å². The number of rotatable bonds is 3. The molecule has 18 heteroatoms. The maximum Gasteiger partial charge on any atom is 2.00 e. The number of unbranched alkanes of at least 4 members (excludes halogenated alkanes) is 1. The molecule has 2 aromatic heterocycles. The minimum atomic E-state index is -10.7. The fraction of sp³-hybridized carbons (Fsp3) is 0.267. The van der Waals surface area contributed by atoms with E-state index in [2.05, 4.69) is 23.0 Å². The first-order valence-corrected chi connectivity index (χ1v) is 12.1. The van der Waals surface area contributed by atoms with Crippen molar-refractivity contribution in [3.63, 3.8) is 0 Å². The van der Waals surface area contributed by atoms with E-state index < -0.39 is 15.6 Å². The van der Waals surface area contributed by atoms with Crippen LogP contribution in [0.5, 0.6) is 0 Å². The van der Waals surface area contributed by atoms with Crippen LogP contribution in [0.3, 0.4) is 0 Å². The third-order valence-corrected chi connectivity index (χ3v) is 2.24. The topological polar surface area (TPSA) is 51.8 Å². The molecular formula is C15H19F12N3P2Ru-2. The van der Waals surface area contributed by atoms with E-state index in [1.807, 2.05) is 25.1 Å². The van der Waals surface area contributed by atoms with Crippen LogP contribution in [0, 0.1) is 19.9 Å². The third-order valence-electron chi connectivity index (χ3n) is 2.24. The number of aryl methyl sites for hydroxylation is 1. The molecule has 0 aliphatic rings. The van der Waals surface area contributed by atoms with E-state index in [1.54, 1.807) is 18.5 Å². The number of hydrogen-bond acceptors (Lipinski definition) is 3. The van der Waals surface area contributed by atoms with E-state index in [0.717, 1.165) is 30.8 Å². The number of nitrogens with zero attached hydrogens (tertiary/aromatic N) is 2. The van der Waals surface area contributed by atoms with Crippen molar-refractivity contribution in [1.82, 2.24) is 9.97 Å². The molecule has 2 rings (SSSR count). The first kappa shape index (κ1) is 36.5. The van der Waals surface area contributed by atoms with Crippen molar-refractivity contribution in [2.75, 3.05) is 6.54 Å². The molecule has 0 fully saturated rings. The van der Waals surface area contributed by atoms with Gasteiger partial charge in [0, 0.05) is 11.9 Å². The number of nitrogens with two attached hydrogens (primary N) is 1. The Labute approximate surface area is 194 Å². The summed E-state index contributed by atoms with van der Waals surface area (Å²) in [5.41, 5.74) is 8.06. The molecule has 0 spiro atoms. The molecule has 3 nitrogen and oxygen atoms in total. The van der Waals surface area contributed by atoms with Crippen LogP contribution < -0.4 is 5.73 Å². The third kappa shape index (κ3) is 49.2. The van der Waals surface area contributed by atoms with Crippen LogP contribution in [-0.2, 0) is 19.5 Å². The van der Waals surface area contributed by atoms with Gasteiger partial charge in [0.1, 0.15) is 0 Å². The van der Waals surface area contributed by atoms with Crippen molar-refractivity contribution in [3.05, 3.63) is 55.2 Å². The maximum atomic E-state index is 9.87. The second-order valence-corrected chi connectivity index (χ2v) is 9.61. The molecule has 0 bridgehead atoms. The van der Waals surface area contributed by atoms with Gasteiger partial charge in [-0.2, -0.15) is 24.6 Å². The number of hydrogen-bond donors (Lipinski definition) is 1. The second kappa shape index (κ2) is 11.1. The van der Waals surface area contributed by atoms with E-state index >= 15 is 0 Å². The largest absolute Gasteiger partial charge is 2.00 e. The van der Waals surface area contributed by atoms with E-state index in [0.29, 0.717) is 0 Å². The Kier molecular flexibility index (Phi) is 12.3. The summed E-state index contributed by atoms with van der Waals surface area (Å²) in [4.78, 5) is 8.42. The Balaban J connectivity index is -0.000000391. The predicted octanol–water partition coefficient (Wildman–Crippen LogP) is 9.57. The van der Waals surface area contributed by atoms with E-state index in [4.69, 9.17) is 5.73 Å². The SMILES string of the molecule is Cc1ccnc(-c2c[c-]ccn2)c1.F[P-](F)(F)(F)(F)F.F[P-](F)(F)(F)(F)F.[CH2-]CCCN.[Ru+2]. The number of aromatic nitrogens is 2. The monoisotopic (exact) mass is 633 g/mol. The molecule has 2 aromatic rings. The van der Waals surface area contributed by atoms with Crippen LogP contribution in [0.15, 0.2) is 36.7 Å². The van der Waals surface area contributed by atoms with Crippen LogP contribution in [0.25, 0.3) is 11.4 Å². The summed E-state index contributed by atoms with van der Waals surface area (Å²) in [7, 11) is -21.3. The Morgan fingerprint density at radius 2 is 1.27 bits per heavy atom. The molecule has 0 amide bonds. The van der Waals surface area contributed by atoms with Gasteiger partial charge >= 0.3 is 85.5 Å². The Morgan fingerprint density at radius 3 is 1.55 bits per heavy atom. The van der Waals surface area contributed by atoms with E-state index in [9.17, 15) is 50.4 Å². The molecule has 0 unspecified atom stereocenters. The summed E-state index contributed by atoms with van der Waals surface area (Å²) in [5.74, 6) is 0. The van der Waals surface area contributed by atoms with Gasteiger partial charge in [0.15, 0.2) is 0 Å². The molecule has 0 saturated heterocycles. The second-order valence-electron chi connectivity index (χ2n) is 5.77. The van der Waals surface area contributed by atoms with Crippen LogP contribution in [0.4, 0.5) is 50.4 Å². The Hall–Kier alpha value is -1.10. The van der Waals surface area contributed by atoms with E-state index in [1.165, 1.54) is 5.56 Å². The Morgan fingerprint density at radius 1 is 0.848 bits per heavy atom. The fourth-order valence-electron chi connectivity index (χ4n) is 1.29. The van der Waals surface area contributed by atoms with Gasteiger partial charge in [-0.1, -0.05) is 12.6 Å². The summed E-state index contributed by atoms with van der Waals surface area (Å²) in [5, 5.41) is 0. The molecule has 0 aliphatic heterocycles. The fourth-order valence-corrected chi connectivity index (χ4v) is 1.29. The van der Waals surface area contributed by atoms with Crippen LogP contribution in [-0.4, -0.2) is 16.5 Å². The van der Waals surface area contributed by atoms with Gasteiger partial charge < -0.3 is 17.6 Å². The van der Waals surface area contributed by atoms with Gasteiger partial charge in [0.05, 0.1) is 0 Å². The van der Waals surface area contributed by atoms with Gasteiger partial charge in [-0.15, -0.1) is 0 Å². The Bertz CT molecular complexity index is 775. The zero-order valence-electron chi connectivity index (χ0n) is 16.5. The molecule has 2 heterocycles. The molecule has 0 aromatic carbocycles. The predicted molar refractivity (Wildman–Crippen MR) is 102 cm³/mol. The van der Waals surface area contributed by atoms with Gasteiger partial charge in [-0.25, -0.2) is 0 Å². The van der Waals surface area contributed by atoms with Crippen LogP contribution >= 0.6 is 15.6 Å². The van der Waals surface area contributed by atoms with Gasteiger partial charge in [-0.05, 0) is 36.9 Å². The van der Waals surface area contributed by atoms with Gasteiger partial charge in [0.25, 0.3) is 0 Å². The molecular weight excluding hydrogens is 613 g/mol. The first-order chi connectivity index (χ1) is 13.7. The smallest absolute Gasteiger partial charge is 0.343 e.